The third kappa shape index (κ3) is 4.13. The van der Waals surface area contributed by atoms with Gasteiger partial charge in [0.15, 0.2) is 23.9 Å². The smallest absolute Gasteiger partial charge is 0.433 e. The summed E-state index contributed by atoms with van der Waals surface area (Å²) >= 11 is 0. The summed E-state index contributed by atoms with van der Waals surface area (Å²) in [6.45, 7) is -0.434. The zero-order valence-electron chi connectivity index (χ0n) is 11.1. The quantitative estimate of drug-likeness (QED) is 0.498. The minimum Gasteiger partial charge on any atom is -0.481 e. The number of benzene rings is 1. The summed E-state index contributed by atoms with van der Waals surface area (Å²) in [5, 5.41) is 13.9. The Morgan fingerprint density at radius 3 is 2.86 bits per heavy atom. The Labute approximate surface area is 123 Å². The molecule has 0 aliphatic heterocycles. The van der Waals surface area contributed by atoms with E-state index >= 15 is 0 Å². The highest BCUT2D eigenvalue weighted by molar-refractivity contribution is 5.81. The SMILES string of the molecule is O=C(COc1ccccc1F)N/N=C/c1ccc([N+](=O)[O-])o1. The molecule has 1 amide bonds. The fourth-order valence-electron chi connectivity index (χ4n) is 1.41. The lowest BCUT2D eigenvalue weighted by Gasteiger charge is -2.05. The number of carbonyl (C=O) groups is 1. The molecule has 1 aromatic carbocycles. The second-order valence-corrected chi connectivity index (χ2v) is 3.95. The molecule has 2 rings (SSSR count). The molecule has 2 aromatic rings. The zero-order chi connectivity index (χ0) is 15.9. The maximum absolute atomic E-state index is 13.2. The van der Waals surface area contributed by atoms with Crippen LogP contribution in [0.5, 0.6) is 5.75 Å². The standard InChI is InChI=1S/C13H10FN3O5/c14-10-3-1-2-4-11(10)21-8-12(18)16-15-7-9-5-6-13(22-9)17(19)20/h1-7H,8H2,(H,16,18)/b15-7+. The Kier molecular flexibility index (Phi) is 4.81. The van der Waals surface area contributed by atoms with Gasteiger partial charge in [0.25, 0.3) is 5.91 Å². The molecular formula is C13H10FN3O5. The molecule has 1 heterocycles. The Morgan fingerprint density at radius 2 is 2.18 bits per heavy atom. The normalized spacial score (nSPS) is 10.6. The van der Waals surface area contributed by atoms with Crippen molar-refractivity contribution >= 4 is 18.0 Å². The van der Waals surface area contributed by atoms with Gasteiger partial charge in [-0.1, -0.05) is 12.1 Å². The predicted octanol–water partition coefficient (Wildman–Crippen LogP) is 1.86. The van der Waals surface area contributed by atoms with E-state index in [4.69, 9.17) is 9.15 Å². The number of halogens is 1. The number of rotatable bonds is 6. The summed E-state index contributed by atoms with van der Waals surface area (Å²) in [5.41, 5.74) is 2.11. The molecule has 8 nitrogen and oxygen atoms in total. The highest BCUT2D eigenvalue weighted by Gasteiger charge is 2.10. The molecule has 0 bridgehead atoms. The average Bonchev–Trinajstić information content (AvgIpc) is 2.95. The first-order valence-electron chi connectivity index (χ1n) is 5.99. The lowest BCUT2D eigenvalue weighted by atomic mass is 10.3. The number of hydrogen-bond donors (Lipinski definition) is 1. The van der Waals surface area contributed by atoms with Crippen molar-refractivity contribution < 1.29 is 23.3 Å². The van der Waals surface area contributed by atoms with Gasteiger partial charge in [0.1, 0.15) is 4.92 Å². The molecular weight excluding hydrogens is 297 g/mol. The van der Waals surface area contributed by atoms with Crippen molar-refractivity contribution in [3.63, 3.8) is 0 Å². The van der Waals surface area contributed by atoms with Crippen LogP contribution < -0.4 is 10.2 Å². The summed E-state index contributed by atoms with van der Waals surface area (Å²) < 4.78 is 23.0. The first kappa shape index (κ1) is 15.2. The Hall–Kier alpha value is -3.23. The third-order valence-corrected chi connectivity index (χ3v) is 2.37. The number of hydrogen-bond acceptors (Lipinski definition) is 6. The van der Waals surface area contributed by atoms with Gasteiger partial charge >= 0.3 is 5.88 Å². The van der Waals surface area contributed by atoms with E-state index in [1.54, 1.807) is 6.07 Å². The fraction of sp³-hybridized carbons (Fsp3) is 0.0769. The van der Waals surface area contributed by atoms with Crippen LogP contribution in [0.4, 0.5) is 10.3 Å². The topological polar surface area (TPSA) is 107 Å². The minimum absolute atomic E-state index is 0.0525. The highest BCUT2D eigenvalue weighted by atomic mass is 19.1. The first-order chi connectivity index (χ1) is 10.6. The van der Waals surface area contributed by atoms with Gasteiger partial charge in [-0.2, -0.15) is 5.10 Å². The molecule has 0 aliphatic carbocycles. The summed E-state index contributed by atoms with van der Waals surface area (Å²) in [5.74, 6) is -1.59. The lowest BCUT2D eigenvalue weighted by Crippen LogP contribution is -2.24. The fourth-order valence-corrected chi connectivity index (χ4v) is 1.41. The highest BCUT2D eigenvalue weighted by Crippen LogP contribution is 2.15. The number of nitrogens with zero attached hydrogens (tertiary/aromatic N) is 2. The second kappa shape index (κ2) is 6.97. The van der Waals surface area contributed by atoms with Crippen LogP contribution in [0.1, 0.15) is 5.76 Å². The molecule has 0 saturated heterocycles. The minimum atomic E-state index is -0.696. The monoisotopic (exact) mass is 307 g/mol. The molecule has 0 saturated carbocycles. The van der Waals surface area contributed by atoms with Crippen LogP contribution in [-0.2, 0) is 4.79 Å². The van der Waals surface area contributed by atoms with E-state index in [0.29, 0.717) is 0 Å². The number of nitro groups is 1. The van der Waals surface area contributed by atoms with E-state index in [0.717, 1.165) is 12.3 Å². The number of nitrogens with one attached hydrogen (secondary N) is 1. The van der Waals surface area contributed by atoms with Crippen molar-refractivity contribution in [1.82, 2.24) is 5.43 Å². The van der Waals surface area contributed by atoms with Gasteiger partial charge in [-0.15, -0.1) is 0 Å². The van der Waals surface area contributed by atoms with E-state index < -0.39 is 29.1 Å². The van der Waals surface area contributed by atoms with Crippen LogP contribution in [0.2, 0.25) is 0 Å². The van der Waals surface area contributed by atoms with E-state index in [1.807, 2.05) is 0 Å². The maximum atomic E-state index is 13.2. The van der Waals surface area contributed by atoms with Crippen LogP contribution in [-0.4, -0.2) is 23.7 Å². The number of carbonyl (C=O) groups excluding carboxylic acids is 1. The van der Waals surface area contributed by atoms with Crippen molar-refractivity contribution in [3.05, 3.63) is 58.1 Å². The molecule has 1 N–H and O–H groups in total. The number of para-hydroxylation sites is 1. The van der Waals surface area contributed by atoms with Gasteiger partial charge in [0.05, 0.1) is 12.3 Å². The molecule has 0 unspecified atom stereocenters. The van der Waals surface area contributed by atoms with Gasteiger partial charge in [0, 0.05) is 0 Å². The van der Waals surface area contributed by atoms with E-state index in [1.165, 1.54) is 24.3 Å². The van der Waals surface area contributed by atoms with Gasteiger partial charge < -0.3 is 9.15 Å². The Balaban J connectivity index is 1.81. The Bertz CT molecular complexity index is 713. The molecule has 114 valence electrons. The molecule has 0 radical (unpaired) electrons. The second-order valence-electron chi connectivity index (χ2n) is 3.95. The van der Waals surface area contributed by atoms with E-state index in [2.05, 4.69) is 10.5 Å². The largest absolute Gasteiger partial charge is 0.481 e. The molecule has 9 heteroatoms. The van der Waals surface area contributed by atoms with Gasteiger partial charge in [-0.25, -0.2) is 9.82 Å². The van der Waals surface area contributed by atoms with Gasteiger partial charge in [-0.05, 0) is 18.2 Å². The van der Waals surface area contributed by atoms with Crippen LogP contribution in [0, 0.1) is 15.9 Å². The summed E-state index contributed by atoms with van der Waals surface area (Å²) in [7, 11) is 0. The van der Waals surface area contributed by atoms with Crippen molar-refractivity contribution in [2.45, 2.75) is 0 Å². The Morgan fingerprint density at radius 1 is 1.41 bits per heavy atom. The summed E-state index contributed by atoms with van der Waals surface area (Å²) in [6, 6.07) is 8.13. The van der Waals surface area contributed by atoms with Gasteiger partial charge in [0.2, 0.25) is 0 Å². The maximum Gasteiger partial charge on any atom is 0.433 e. The van der Waals surface area contributed by atoms with Crippen LogP contribution in [0.25, 0.3) is 0 Å². The zero-order valence-corrected chi connectivity index (χ0v) is 11.1. The molecule has 0 aliphatic rings. The number of ether oxygens (including phenoxy) is 1. The summed E-state index contributed by atoms with van der Waals surface area (Å²) in [6.07, 6.45) is 1.09. The third-order valence-electron chi connectivity index (χ3n) is 2.37. The molecule has 0 spiro atoms. The van der Waals surface area contributed by atoms with E-state index in [9.17, 15) is 19.3 Å². The average molecular weight is 307 g/mol. The number of amides is 1. The number of hydrazone groups is 1. The van der Waals surface area contributed by atoms with Crippen molar-refractivity contribution in [2.75, 3.05) is 6.61 Å². The van der Waals surface area contributed by atoms with Crippen molar-refractivity contribution in [2.24, 2.45) is 5.10 Å². The summed E-state index contributed by atoms with van der Waals surface area (Å²) in [4.78, 5) is 21.1. The lowest BCUT2D eigenvalue weighted by molar-refractivity contribution is -0.402. The van der Waals surface area contributed by atoms with E-state index in [-0.39, 0.29) is 11.5 Å². The molecule has 1 aromatic heterocycles. The molecule has 22 heavy (non-hydrogen) atoms. The molecule has 0 atom stereocenters. The molecule has 0 fully saturated rings. The number of furan rings is 1. The van der Waals surface area contributed by atoms with Gasteiger partial charge in [-0.3, -0.25) is 14.9 Å². The predicted molar refractivity (Wildman–Crippen MR) is 73.0 cm³/mol. The van der Waals surface area contributed by atoms with Crippen molar-refractivity contribution in [3.8, 4) is 5.75 Å². The van der Waals surface area contributed by atoms with Crippen LogP contribution in [0.3, 0.4) is 0 Å². The van der Waals surface area contributed by atoms with Crippen LogP contribution >= 0.6 is 0 Å². The van der Waals surface area contributed by atoms with Crippen molar-refractivity contribution in [1.29, 1.82) is 0 Å². The first-order valence-corrected chi connectivity index (χ1v) is 5.99. The van der Waals surface area contributed by atoms with Crippen LogP contribution in [0.15, 0.2) is 45.9 Å².